The van der Waals surface area contributed by atoms with Gasteiger partial charge < -0.3 is 4.42 Å². The van der Waals surface area contributed by atoms with Gasteiger partial charge in [-0.2, -0.15) is 0 Å². The molecule has 0 amide bonds. The molecule has 0 bridgehead atoms. The Morgan fingerprint density at radius 3 is 2.35 bits per heavy atom. The third-order valence-electron chi connectivity index (χ3n) is 3.35. The number of rotatable bonds is 1. The first kappa shape index (κ1) is 13.4. The number of fused-ring (bicyclic) bond motifs is 1. The Balaban J connectivity index is 2.02. The molecule has 0 fully saturated rings. The van der Waals surface area contributed by atoms with Gasteiger partial charge in [0.25, 0.3) is 0 Å². The summed E-state index contributed by atoms with van der Waals surface area (Å²) in [6.45, 7) is 6.62. The number of benzene rings is 2. The van der Waals surface area contributed by atoms with Crippen LogP contribution in [0.15, 0.2) is 51.4 Å². The quantitative estimate of drug-likeness (QED) is 0.584. The Morgan fingerprint density at radius 1 is 1.00 bits per heavy atom. The van der Waals surface area contributed by atoms with E-state index in [-0.39, 0.29) is 5.41 Å². The van der Waals surface area contributed by atoms with Crippen LogP contribution in [0.3, 0.4) is 0 Å². The van der Waals surface area contributed by atoms with Crippen molar-refractivity contribution in [2.75, 3.05) is 0 Å². The van der Waals surface area contributed by atoms with Crippen LogP contribution in [0.2, 0.25) is 0 Å². The lowest BCUT2D eigenvalue weighted by Gasteiger charge is -2.18. The van der Waals surface area contributed by atoms with E-state index in [1.54, 1.807) is 0 Å². The molecular formula is C17H16BrNO. The van der Waals surface area contributed by atoms with Gasteiger partial charge in [-0.3, -0.25) is 0 Å². The largest absolute Gasteiger partial charge is 0.436 e. The van der Waals surface area contributed by atoms with Gasteiger partial charge in [0, 0.05) is 10.0 Å². The van der Waals surface area contributed by atoms with Gasteiger partial charge in [-0.15, -0.1) is 0 Å². The first-order valence-electron chi connectivity index (χ1n) is 6.60. The summed E-state index contributed by atoms with van der Waals surface area (Å²) in [5, 5.41) is 0. The molecule has 2 nitrogen and oxygen atoms in total. The summed E-state index contributed by atoms with van der Waals surface area (Å²) in [5.41, 5.74) is 4.15. The van der Waals surface area contributed by atoms with E-state index >= 15 is 0 Å². The monoisotopic (exact) mass is 329 g/mol. The van der Waals surface area contributed by atoms with Gasteiger partial charge in [0.1, 0.15) is 5.52 Å². The van der Waals surface area contributed by atoms with Crippen LogP contribution in [0.5, 0.6) is 0 Å². The summed E-state index contributed by atoms with van der Waals surface area (Å²) < 4.78 is 6.82. The molecule has 0 radical (unpaired) electrons. The highest BCUT2D eigenvalue weighted by atomic mass is 79.9. The predicted molar refractivity (Wildman–Crippen MR) is 85.8 cm³/mol. The molecular weight excluding hydrogens is 314 g/mol. The minimum atomic E-state index is 0.157. The molecule has 3 heteroatoms. The molecule has 0 atom stereocenters. The maximum Gasteiger partial charge on any atom is 0.227 e. The second-order valence-electron chi connectivity index (χ2n) is 5.96. The SMILES string of the molecule is CC(C)(C)c1ccc(-c2nc3ccc(Br)cc3o2)cc1. The van der Waals surface area contributed by atoms with Crippen molar-refractivity contribution in [1.29, 1.82) is 0 Å². The normalized spacial score (nSPS) is 12.0. The van der Waals surface area contributed by atoms with Crippen LogP contribution in [0.4, 0.5) is 0 Å². The van der Waals surface area contributed by atoms with Crippen molar-refractivity contribution >= 4 is 27.0 Å². The average Bonchev–Trinajstić information content (AvgIpc) is 2.80. The van der Waals surface area contributed by atoms with E-state index in [1.807, 2.05) is 18.2 Å². The second kappa shape index (κ2) is 4.74. The summed E-state index contributed by atoms with van der Waals surface area (Å²) in [6.07, 6.45) is 0. The molecule has 102 valence electrons. The minimum absolute atomic E-state index is 0.157. The van der Waals surface area contributed by atoms with Crippen molar-refractivity contribution in [3.05, 3.63) is 52.5 Å². The number of halogens is 1. The number of hydrogen-bond donors (Lipinski definition) is 0. The fourth-order valence-corrected chi connectivity index (χ4v) is 2.47. The van der Waals surface area contributed by atoms with E-state index in [0.717, 1.165) is 21.1 Å². The number of nitrogens with zero attached hydrogens (tertiary/aromatic N) is 1. The van der Waals surface area contributed by atoms with E-state index in [1.165, 1.54) is 5.56 Å². The van der Waals surface area contributed by atoms with Gasteiger partial charge in [0.05, 0.1) is 0 Å². The van der Waals surface area contributed by atoms with Gasteiger partial charge in [-0.25, -0.2) is 4.98 Å². The van der Waals surface area contributed by atoms with Crippen LogP contribution in [0, 0.1) is 0 Å². The molecule has 3 aromatic rings. The summed E-state index contributed by atoms with van der Waals surface area (Å²) in [6, 6.07) is 14.3. The van der Waals surface area contributed by atoms with E-state index in [9.17, 15) is 0 Å². The first-order chi connectivity index (χ1) is 9.43. The van der Waals surface area contributed by atoms with Gasteiger partial charge in [-0.05, 0) is 41.3 Å². The van der Waals surface area contributed by atoms with E-state index in [4.69, 9.17) is 4.42 Å². The van der Waals surface area contributed by atoms with Crippen molar-refractivity contribution in [2.24, 2.45) is 0 Å². The van der Waals surface area contributed by atoms with Crippen molar-refractivity contribution in [2.45, 2.75) is 26.2 Å². The van der Waals surface area contributed by atoms with Gasteiger partial charge in [0.15, 0.2) is 5.58 Å². The van der Waals surface area contributed by atoms with Gasteiger partial charge in [0.2, 0.25) is 5.89 Å². The van der Waals surface area contributed by atoms with Crippen LogP contribution in [-0.4, -0.2) is 4.98 Å². The minimum Gasteiger partial charge on any atom is -0.436 e. The van der Waals surface area contributed by atoms with Crippen LogP contribution >= 0.6 is 15.9 Å². The highest BCUT2D eigenvalue weighted by molar-refractivity contribution is 9.10. The molecule has 3 rings (SSSR count). The van der Waals surface area contributed by atoms with Crippen LogP contribution in [0.1, 0.15) is 26.3 Å². The van der Waals surface area contributed by atoms with E-state index in [2.05, 4.69) is 66.0 Å². The topological polar surface area (TPSA) is 26.0 Å². The van der Waals surface area contributed by atoms with Crippen molar-refractivity contribution in [3.63, 3.8) is 0 Å². The smallest absolute Gasteiger partial charge is 0.227 e. The van der Waals surface area contributed by atoms with Crippen LogP contribution in [-0.2, 0) is 5.41 Å². The molecule has 1 heterocycles. The third kappa shape index (κ3) is 2.50. The van der Waals surface area contributed by atoms with Crippen LogP contribution < -0.4 is 0 Å². The highest BCUT2D eigenvalue weighted by Gasteiger charge is 2.14. The summed E-state index contributed by atoms with van der Waals surface area (Å²) in [5.74, 6) is 0.665. The lowest BCUT2D eigenvalue weighted by atomic mass is 9.87. The molecule has 2 aromatic carbocycles. The Hall–Kier alpha value is -1.61. The zero-order valence-electron chi connectivity index (χ0n) is 11.8. The summed E-state index contributed by atoms with van der Waals surface area (Å²) >= 11 is 3.44. The number of oxazole rings is 1. The second-order valence-corrected chi connectivity index (χ2v) is 6.87. The standard InChI is InChI=1S/C17H16BrNO/c1-17(2,3)12-6-4-11(5-7-12)16-19-14-9-8-13(18)10-15(14)20-16/h4-10H,1-3H3. The van der Waals surface area contributed by atoms with Gasteiger partial charge in [-0.1, -0.05) is 48.8 Å². The predicted octanol–water partition coefficient (Wildman–Crippen LogP) is 5.55. The third-order valence-corrected chi connectivity index (χ3v) is 3.84. The maximum atomic E-state index is 5.82. The summed E-state index contributed by atoms with van der Waals surface area (Å²) in [7, 11) is 0. The van der Waals surface area contributed by atoms with Crippen LogP contribution in [0.25, 0.3) is 22.6 Å². The lowest BCUT2D eigenvalue weighted by molar-refractivity contribution is 0.589. The average molecular weight is 330 g/mol. The summed E-state index contributed by atoms with van der Waals surface area (Å²) in [4.78, 5) is 4.53. The molecule has 1 aromatic heterocycles. The Morgan fingerprint density at radius 2 is 1.70 bits per heavy atom. The maximum absolute atomic E-state index is 5.82. The zero-order chi connectivity index (χ0) is 14.3. The van der Waals surface area contributed by atoms with E-state index in [0.29, 0.717) is 5.89 Å². The highest BCUT2D eigenvalue weighted by Crippen LogP contribution is 2.28. The molecule has 20 heavy (non-hydrogen) atoms. The molecule has 0 saturated carbocycles. The zero-order valence-corrected chi connectivity index (χ0v) is 13.4. The molecule has 0 unspecified atom stereocenters. The first-order valence-corrected chi connectivity index (χ1v) is 7.40. The van der Waals surface area contributed by atoms with E-state index < -0.39 is 0 Å². The Bertz CT molecular complexity index is 751. The van der Waals surface area contributed by atoms with Crippen molar-refractivity contribution in [1.82, 2.24) is 4.98 Å². The molecule has 0 aliphatic heterocycles. The molecule has 0 saturated heterocycles. The van der Waals surface area contributed by atoms with Crippen molar-refractivity contribution < 1.29 is 4.42 Å². The molecule has 0 spiro atoms. The molecule has 0 N–H and O–H groups in total. The lowest BCUT2D eigenvalue weighted by Crippen LogP contribution is -2.10. The van der Waals surface area contributed by atoms with Gasteiger partial charge >= 0.3 is 0 Å². The van der Waals surface area contributed by atoms with Crippen molar-refractivity contribution in [3.8, 4) is 11.5 Å². The number of hydrogen-bond acceptors (Lipinski definition) is 2. The fourth-order valence-electron chi connectivity index (χ4n) is 2.13. The Kier molecular flexibility index (Phi) is 3.17. The molecule has 0 aliphatic carbocycles. The number of aromatic nitrogens is 1. The fraction of sp³-hybridized carbons (Fsp3) is 0.235. The molecule has 0 aliphatic rings. The Labute approximate surface area is 127 Å².